The summed E-state index contributed by atoms with van der Waals surface area (Å²) in [4.78, 5) is 54.1. The Bertz CT molecular complexity index is 1430. The molecule has 43 heavy (non-hydrogen) atoms. The molecule has 4 rings (SSSR count). The van der Waals surface area contributed by atoms with Gasteiger partial charge in [-0.3, -0.25) is 19.3 Å². The van der Waals surface area contributed by atoms with Crippen LogP contribution in [0.25, 0.3) is 0 Å². The largest absolute Gasteiger partial charge is 0.471 e. The molecule has 2 atom stereocenters. The summed E-state index contributed by atoms with van der Waals surface area (Å²) in [6.45, 7) is 1.32. The minimum absolute atomic E-state index is 0.0182. The van der Waals surface area contributed by atoms with Crippen LogP contribution < -0.4 is 15.5 Å². The number of nitrogens with one attached hydrogen (secondary N) is 2. The molecule has 9 nitrogen and oxygen atoms in total. The van der Waals surface area contributed by atoms with Crippen molar-refractivity contribution in [3.05, 3.63) is 59.4 Å². The third-order valence-corrected chi connectivity index (χ3v) is 7.45. The van der Waals surface area contributed by atoms with E-state index in [1.165, 1.54) is 24.3 Å². The van der Waals surface area contributed by atoms with Crippen LogP contribution >= 0.6 is 0 Å². The zero-order chi connectivity index (χ0) is 31.9. The molecule has 232 valence electrons. The van der Waals surface area contributed by atoms with Crippen LogP contribution in [0.2, 0.25) is 0 Å². The summed E-state index contributed by atoms with van der Waals surface area (Å²) >= 11 is 0. The van der Waals surface area contributed by atoms with Crippen molar-refractivity contribution in [2.45, 2.75) is 50.7 Å². The van der Waals surface area contributed by atoms with E-state index in [9.17, 15) is 49.9 Å². The Labute approximate surface area is 240 Å². The predicted molar refractivity (Wildman–Crippen MR) is 138 cm³/mol. The van der Waals surface area contributed by atoms with Crippen molar-refractivity contribution >= 4 is 35.1 Å². The average molecular weight is 618 g/mol. The Morgan fingerprint density at radius 1 is 1.07 bits per heavy atom. The average Bonchev–Trinajstić information content (AvgIpc) is 3.16. The first kappa shape index (κ1) is 31.6. The molecule has 2 aliphatic rings. The van der Waals surface area contributed by atoms with Gasteiger partial charge in [0.15, 0.2) is 5.54 Å². The molecular weight excluding hydrogens is 591 g/mol. The minimum atomic E-state index is -5.15. The highest BCUT2D eigenvalue weighted by atomic mass is 19.4. The van der Waals surface area contributed by atoms with Gasteiger partial charge in [0, 0.05) is 43.0 Å². The summed E-state index contributed by atoms with van der Waals surface area (Å²) in [5.41, 5.74) is -1.40. The first-order chi connectivity index (χ1) is 20.0. The molecule has 0 bridgehead atoms. The molecule has 2 N–H and O–H groups in total. The van der Waals surface area contributed by atoms with Crippen molar-refractivity contribution in [1.82, 2.24) is 15.1 Å². The third kappa shape index (κ3) is 6.22. The minimum Gasteiger partial charge on any atom is -0.371 e. The summed E-state index contributed by atoms with van der Waals surface area (Å²) in [5.74, 6) is -4.99. The number of fused-ring (bicyclic) bond motifs is 2. The molecule has 2 heterocycles. The van der Waals surface area contributed by atoms with Gasteiger partial charge in [0.2, 0.25) is 5.91 Å². The maximum atomic E-state index is 13.7. The topological polar surface area (TPSA) is 102 Å². The van der Waals surface area contributed by atoms with E-state index in [1.54, 1.807) is 17.1 Å². The normalized spacial score (nSPS) is 19.3. The summed E-state index contributed by atoms with van der Waals surface area (Å²) in [6.07, 6.45) is -10.0. The fourth-order valence-electron chi connectivity index (χ4n) is 5.07. The highest BCUT2D eigenvalue weighted by Gasteiger charge is 2.56. The first-order valence-electron chi connectivity index (χ1n) is 13.0. The van der Waals surface area contributed by atoms with Crippen LogP contribution in [-0.4, -0.2) is 71.6 Å². The lowest BCUT2D eigenvalue weighted by Crippen LogP contribution is -2.52. The summed E-state index contributed by atoms with van der Waals surface area (Å²) in [5, 5.41) is 4.26. The number of carbonyl (C=O) groups is 4. The molecule has 0 aromatic heterocycles. The molecule has 1 spiro atoms. The number of rotatable bonds is 7. The number of nitrogens with zero attached hydrogens (tertiary/aromatic N) is 3. The number of halogens is 7. The van der Waals surface area contributed by atoms with Gasteiger partial charge in [-0.25, -0.2) is 9.18 Å². The van der Waals surface area contributed by atoms with Crippen molar-refractivity contribution in [3.8, 4) is 0 Å². The molecule has 0 saturated carbocycles. The summed E-state index contributed by atoms with van der Waals surface area (Å²) < 4.78 is 92.7. The first-order valence-corrected chi connectivity index (χ1v) is 13.0. The lowest BCUT2D eigenvalue weighted by molar-refractivity contribution is -0.187. The van der Waals surface area contributed by atoms with Crippen molar-refractivity contribution in [1.29, 1.82) is 0 Å². The molecule has 1 saturated heterocycles. The van der Waals surface area contributed by atoms with Crippen LogP contribution in [0, 0.1) is 5.82 Å². The Kier molecular flexibility index (Phi) is 8.35. The molecule has 1 unspecified atom stereocenters. The van der Waals surface area contributed by atoms with Crippen molar-refractivity contribution in [2.24, 2.45) is 0 Å². The Hall–Kier alpha value is -4.37. The van der Waals surface area contributed by atoms with Gasteiger partial charge in [0.1, 0.15) is 18.4 Å². The van der Waals surface area contributed by atoms with Gasteiger partial charge in [0.25, 0.3) is 5.91 Å². The van der Waals surface area contributed by atoms with E-state index in [2.05, 4.69) is 5.32 Å². The summed E-state index contributed by atoms with van der Waals surface area (Å²) in [6, 6.07) is 4.65. The number of alkyl halides is 6. The van der Waals surface area contributed by atoms with Crippen molar-refractivity contribution in [3.63, 3.8) is 0 Å². The van der Waals surface area contributed by atoms with Gasteiger partial charge in [-0.2, -0.15) is 26.3 Å². The zero-order valence-corrected chi connectivity index (χ0v) is 22.8. The number of hydrogen-bond donors (Lipinski definition) is 2. The molecule has 0 radical (unpaired) electrons. The van der Waals surface area contributed by atoms with E-state index in [1.807, 2.05) is 0 Å². The van der Waals surface area contributed by atoms with Gasteiger partial charge in [-0.05, 0) is 43.7 Å². The Balaban J connectivity index is 1.63. The SMILES string of the molecule is CCN1CCC2(NC(=O)N(CC(=O)N(Cc3ccc(F)cc3)[C@@H](C)C(F)(F)F)C2=O)c2ccc(NC(=O)C(F)(F)F)cc21. The van der Waals surface area contributed by atoms with Gasteiger partial charge in [-0.1, -0.05) is 18.2 Å². The highest BCUT2D eigenvalue weighted by molar-refractivity contribution is 6.10. The molecule has 2 aromatic carbocycles. The van der Waals surface area contributed by atoms with Crippen LogP contribution in [0.15, 0.2) is 42.5 Å². The molecular formula is C27H26F7N5O4. The number of imide groups is 1. The Morgan fingerprint density at radius 2 is 1.72 bits per heavy atom. The van der Waals surface area contributed by atoms with Gasteiger partial charge < -0.3 is 20.4 Å². The second-order valence-corrected chi connectivity index (χ2v) is 10.1. The fraction of sp³-hybridized carbons (Fsp3) is 0.407. The van der Waals surface area contributed by atoms with Crippen LogP contribution in [-0.2, 0) is 26.5 Å². The number of urea groups is 1. The van der Waals surface area contributed by atoms with E-state index < -0.39 is 66.6 Å². The second-order valence-electron chi connectivity index (χ2n) is 10.1. The van der Waals surface area contributed by atoms with Crippen LogP contribution in [0.4, 0.5) is 46.9 Å². The van der Waals surface area contributed by atoms with Crippen molar-refractivity contribution in [2.75, 3.05) is 29.9 Å². The van der Waals surface area contributed by atoms with E-state index in [0.29, 0.717) is 16.3 Å². The molecule has 2 aliphatic heterocycles. The fourth-order valence-corrected chi connectivity index (χ4v) is 5.07. The van der Waals surface area contributed by atoms with Crippen LogP contribution in [0.5, 0.6) is 0 Å². The maximum absolute atomic E-state index is 13.7. The molecule has 16 heteroatoms. The zero-order valence-electron chi connectivity index (χ0n) is 22.8. The number of amides is 5. The number of benzene rings is 2. The van der Waals surface area contributed by atoms with Gasteiger partial charge >= 0.3 is 24.3 Å². The van der Waals surface area contributed by atoms with E-state index in [-0.39, 0.29) is 35.5 Å². The maximum Gasteiger partial charge on any atom is 0.471 e. The molecule has 0 aliphatic carbocycles. The second kappa shape index (κ2) is 11.4. The van der Waals surface area contributed by atoms with Gasteiger partial charge in [0.05, 0.1) is 0 Å². The van der Waals surface area contributed by atoms with Crippen molar-refractivity contribution < 1.29 is 49.9 Å². The molecule has 2 aromatic rings. The van der Waals surface area contributed by atoms with E-state index >= 15 is 0 Å². The Morgan fingerprint density at radius 3 is 2.30 bits per heavy atom. The lowest BCUT2D eigenvalue weighted by Gasteiger charge is -2.40. The van der Waals surface area contributed by atoms with Crippen LogP contribution in [0.1, 0.15) is 31.4 Å². The van der Waals surface area contributed by atoms with E-state index in [0.717, 1.165) is 25.1 Å². The standard InChI is InChI=1S/C27H26F7N5O4/c1-3-37-11-10-25(19-9-8-18(12-20(19)37)35-22(41)27(32,33)34)23(42)39(24(43)36-25)14-21(40)38(15(2)26(29,30)31)13-16-4-6-17(28)7-5-16/h4-9,12,15H,3,10-11,13-14H2,1-2H3,(H,35,41)(H,36,43)/t15-,25?/m0/s1. The molecule has 1 fully saturated rings. The smallest absolute Gasteiger partial charge is 0.371 e. The highest BCUT2D eigenvalue weighted by Crippen LogP contribution is 2.43. The predicted octanol–water partition coefficient (Wildman–Crippen LogP) is 4.28. The summed E-state index contributed by atoms with van der Waals surface area (Å²) in [7, 11) is 0. The number of carbonyl (C=O) groups excluding carboxylic acids is 4. The lowest BCUT2D eigenvalue weighted by atomic mass is 9.81. The van der Waals surface area contributed by atoms with Gasteiger partial charge in [-0.15, -0.1) is 0 Å². The number of hydrogen-bond acceptors (Lipinski definition) is 5. The monoisotopic (exact) mass is 617 g/mol. The number of anilines is 2. The molecule has 5 amide bonds. The third-order valence-electron chi connectivity index (χ3n) is 7.45. The van der Waals surface area contributed by atoms with E-state index in [4.69, 9.17) is 0 Å². The van der Waals surface area contributed by atoms with Crippen LogP contribution in [0.3, 0.4) is 0 Å². The quantitative estimate of drug-likeness (QED) is 0.357.